The Hall–Kier alpha value is -2.90. The molecule has 0 heterocycles. The highest BCUT2D eigenvalue weighted by Gasteiger charge is 2.67. The third-order valence-corrected chi connectivity index (χ3v) is 8.15. The van der Waals surface area contributed by atoms with E-state index in [4.69, 9.17) is 58.0 Å². The topological polar surface area (TPSA) is 87.3 Å². The van der Waals surface area contributed by atoms with Gasteiger partial charge in [-0.1, -0.05) is 34.8 Å². The largest absolute Gasteiger partial charge is 0.471 e. The molecule has 0 bridgehead atoms. The molecule has 1 aliphatic carbocycles. The molecule has 0 aliphatic heterocycles. The van der Waals surface area contributed by atoms with Gasteiger partial charge in [-0.3, -0.25) is 14.4 Å². The van der Waals surface area contributed by atoms with Crippen LogP contribution in [0.2, 0.25) is 15.1 Å². The average molecular weight is 694 g/mol. The molecule has 4 rings (SSSR count). The lowest BCUT2D eigenvalue weighted by atomic mass is 10.1. The van der Waals surface area contributed by atoms with Crippen molar-refractivity contribution in [3.8, 4) is 0 Å². The zero-order chi connectivity index (χ0) is 31.3. The van der Waals surface area contributed by atoms with Crippen LogP contribution in [0.4, 0.5) is 43.4 Å². The van der Waals surface area contributed by atoms with Gasteiger partial charge in [-0.05, 0) is 48.0 Å². The molecule has 0 radical (unpaired) electrons. The van der Waals surface area contributed by atoms with Crippen LogP contribution in [0.25, 0.3) is 0 Å². The summed E-state index contributed by atoms with van der Waals surface area (Å²) in [6.07, 6.45) is -5.39. The number of anilines is 3. The summed E-state index contributed by atoms with van der Waals surface area (Å²) in [4.78, 5) is 36.8. The fraction of sp³-hybridized carbons (Fsp3) is 0.160. The highest BCUT2D eigenvalue weighted by molar-refractivity contribution is 6.54. The van der Waals surface area contributed by atoms with Crippen LogP contribution >= 0.6 is 58.0 Å². The molecule has 222 valence electrons. The van der Waals surface area contributed by atoms with Gasteiger partial charge in [-0.2, -0.15) is 13.2 Å². The molecule has 1 aliphatic rings. The summed E-state index contributed by atoms with van der Waals surface area (Å²) < 4.78 is 79.4. The molecular formula is C25H12Cl5F6N3O3. The van der Waals surface area contributed by atoms with Crippen molar-refractivity contribution in [2.75, 3.05) is 16.0 Å². The molecule has 17 heteroatoms. The van der Waals surface area contributed by atoms with Gasteiger partial charge in [0.1, 0.15) is 21.7 Å². The normalized spacial score (nSPS) is 17.4. The van der Waals surface area contributed by atoms with Crippen LogP contribution in [-0.2, 0) is 9.59 Å². The first-order valence-corrected chi connectivity index (χ1v) is 13.1. The summed E-state index contributed by atoms with van der Waals surface area (Å²) in [5, 5.41) is 5.56. The molecule has 0 aromatic heterocycles. The fourth-order valence-electron chi connectivity index (χ4n) is 3.96. The van der Waals surface area contributed by atoms with Crippen molar-refractivity contribution < 1.29 is 40.7 Å². The minimum absolute atomic E-state index is 0.0770. The van der Waals surface area contributed by atoms with Crippen molar-refractivity contribution in [1.82, 2.24) is 0 Å². The van der Waals surface area contributed by atoms with E-state index in [1.165, 1.54) is 17.4 Å². The van der Waals surface area contributed by atoms with Crippen molar-refractivity contribution in [1.29, 1.82) is 0 Å². The lowest BCUT2D eigenvalue weighted by Gasteiger charge is -2.14. The van der Waals surface area contributed by atoms with E-state index in [2.05, 4.69) is 5.32 Å². The molecule has 6 nitrogen and oxygen atoms in total. The van der Waals surface area contributed by atoms with Crippen molar-refractivity contribution >= 4 is 92.8 Å². The van der Waals surface area contributed by atoms with Crippen molar-refractivity contribution in [2.45, 2.75) is 16.4 Å². The second kappa shape index (κ2) is 11.6. The van der Waals surface area contributed by atoms with E-state index < -0.39 is 74.5 Å². The number of amides is 3. The lowest BCUT2D eigenvalue weighted by molar-refractivity contribution is -0.167. The molecule has 3 aromatic carbocycles. The second-order valence-corrected chi connectivity index (χ2v) is 11.4. The Morgan fingerprint density at radius 3 is 2.00 bits per heavy atom. The zero-order valence-electron chi connectivity index (χ0n) is 20.1. The van der Waals surface area contributed by atoms with Gasteiger partial charge in [0.25, 0.3) is 5.91 Å². The maximum Gasteiger partial charge on any atom is 0.471 e. The Labute approximate surface area is 257 Å². The number of carbonyl (C=O) groups is 3. The van der Waals surface area contributed by atoms with Gasteiger partial charge < -0.3 is 16.0 Å². The number of alkyl halides is 5. The van der Waals surface area contributed by atoms with Crippen molar-refractivity contribution in [3.63, 3.8) is 0 Å². The number of benzene rings is 3. The van der Waals surface area contributed by atoms with Crippen LogP contribution in [0.3, 0.4) is 0 Å². The molecule has 3 N–H and O–H groups in total. The number of nitrogens with one attached hydrogen (secondary N) is 3. The second-order valence-electron chi connectivity index (χ2n) is 8.80. The maximum atomic E-state index is 14.7. The van der Waals surface area contributed by atoms with Gasteiger partial charge in [0, 0.05) is 11.6 Å². The Balaban J connectivity index is 1.53. The molecule has 3 amide bonds. The number of carbonyl (C=O) groups excluding carboxylic acids is 3. The van der Waals surface area contributed by atoms with Gasteiger partial charge in [-0.25, -0.2) is 13.2 Å². The first kappa shape index (κ1) is 32.0. The molecule has 1 saturated carbocycles. The number of hydrogen-bond donors (Lipinski definition) is 3. The van der Waals surface area contributed by atoms with E-state index in [0.717, 1.165) is 18.2 Å². The predicted octanol–water partition coefficient (Wildman–Crippen LogP) is 8.34. The van der Waals surface area contributed by atoms with Gasteiger partial charge in [0.05, 0.1) is 32.2 Å². The number of hydrogen-bond acceptors (Lipinski definition) is 3. The van der Waals surface area contributed by atoms with Gasteiger partial charge >= 0.3 is 12.1 Å². The van der Waals surface area contributed by atoms with E-state index in [1.54, 1.807) is 5.32 Å². The van der Waals surface area contributed by atoms with Crippen LogP contribution in [0.5, 0.6) is 0 Å². The molecule has 3 aromatic rings. The molecule has 2 atom stereocenters. The van der Waals surface area contributed by atoms with E-state index in [9.17, 15) is 40.7 Å². The molecular weight excluding hydrogens is 682 g/mol. The zero-order valence-corrected chi connectivity index (χ0v) is 23.9. The van der Waals surface area contributed by atoms with E-state index in [0.29, 0.717) is 17.7 Å². The summed E-state index contributed by atoms with van der Waals surface area (Å²) >= 11 is 30.7. The summed E-state index contributed by atoms with van der Waals surface area (Å²) in [5.41, 5.74) is -2.95. The standard InChI is InChI=1S/C25H12Cl5F6N3O3/c26-11-5-8(6-12(27)18(11)28)16-17(24(16,29)30)22(41)37-9-1-2-13(31)10(7-9)21(40)39-20-14(32)3-4-15(19(20)33)38-23(42)25(34,35)36/h1-7,16-17H,(H,37,41)(H,38,42)(H,39,40)/t16-,17?/m0/s1. The van der Waals surface area contributed by atoms with E-state index in [1.807, 2.05) is 0 Å². The summed E-state index contributed by atoms with van der Waals surface area (Å²) in [6.45, 7) is 0. The van der Waals surface area contributed by atoms with Crippen molar-refractivity contribution in [3.05, 3.63) is 86.1 Å². The van der Waals surface area contributed by atoms with Gasteiger partial charge in [0.2, 0.25) is 5.91 Å². The summed E-state index contributed by atoms with van der Waals surface area (Å²) in [6, 6.07) is 6.46. The minimum Gasteiger partial charge on any atom is -0.326 e. The van der Waals surface area contributed by atoms with E-state index in [-0.39, 0.29) is 20.8 Å². The highest BCUT2D eigenvalue weighted by Crippen LogP contribution is 2.65. The molecule has 0 spiro atoms. The molecule has 1 unspecified atom stereocenters. The van der Waals surface area contributed by atoms with E-state index >= 15 is 0 Å². The summed E-state index contributed by atoms with van der Waals surface area (Å²) in [7, 11) is 0. The Morgan fingerprint density at radius 2 is 1.40 bits per heavy atom. The van der Waals surface area contributed by atoms with Crippen LogP contribution in [0, 0.1) is 23.4 Å². The third kappa shape index (κ3) is 6.37. The van der Waals surface area contributed by atoms with Crippen LogP contribution in [0.15, 0.2) is 42.5 Å². The highest BCUT2D eigenvalue weighted by atomic mass is 35.5. The first-order valence-electron chi connectivity index (χ1n) is 11.2. The van der Waals surface area contributed by atoms with Crippen LogP contribution in [-0.4, -0.2) is 28.2 Å². The minimum atomic E-state index is -5.39. The SMILES string of the molecule is O=C(Nc1c(F)ccc(NC(=O)C(F)(F)F)c1F)c1cc(NC(=O)C2[C@H](c3cc(Cl)c(Cl)c(Cl)c3)C2(Cl)Cl)ccc1F. The van der Waals surface area contributed by atoms with Crippen molar-refractivity contribution in [2.24, 2.45) is 5.92 Å². The number of halogens is 11. The van der Waals surface area contributed by atoms with Gasteiger partial charge in [0.15, 0.2) is 5.82 Å². The lowest BCUT2D eigenvalue weighted by Crippen LogP contribution is -2.30. The predicted molar refractivity (Wildman–Crippen MR) is 146 cm³/mol. The first-order chi connectivity index (χ1) is 19.4. The van der Waals surface area contributed by atoms with Gasteiger partial charge in [-0.15, -0.1) is 23.2 Å². The van der Waals surface area contributed by atoms with Crippen LogP contribution < -0.4 is 16.0 Å². The quantitative estimate of drug-likeness (QED) is 0.138. The van der Waals surface area contributed by atoms with Crippen LogP contribution in [0.1, 0.15) is 21.8 Å². The summed E-state index contributed by atoms with van der Waals surface area (Å²) in [5.74, 6) is -11.0. The molecule has 0 saturated heterocycles. The Kier molecular flexibility index (Phi) is 8.88. The fourth-order valence-corrected chi connectivity index (χ4v) is 5.40. The number of rotatable bonds is 6. The average Bonchev–Trinajstić information content (AvgIpc) is 3.48. The Morgan fingerprint density at radius 1 is 0.810 bits per heavy atom. The monoisotopic (exact) mass is 691 g/mol. The third-order valence-electron chi connectivity index (χ3n) is 6.02. The smallest absolute Gasteiger partial charge is 0.326 e. The molecule has 42 heavy (non-hydrogen) atoms. The Bertz CT molecular complexity index is 1610. The molecule has 1 fully saturated rings. The maximum absolute atomic E-state index is 14.7.